The van der Waals surface area contributed by atoms with E-state index in [-0.39, 0.29) is 6.04 Å². The van der Waals surface area contributed by atoms with Crippen LogP contribution < -0.4 is 5.32 Å². The molecule has 1 atom stereocenters. The van der Waals surface area contributed by atoms with Gasteiger partial charge in [0.1, 0.15) is 5.82 Å². The van der Waals surface area contributed by atoms with Crippen LogP contribution in [0.4, 0.5) is 13.2 Å². The number of nitrogens with zero attached hydrogens (tertiary/aromatic N) is 3. The Morgan fingerprint density at radius 3 is 2.63 bits per heavy atom. The van der Waals surface area contributed by atoms with Gasteiger partial charge in [-0.15, -0.1) is 5.10 Å². The molecule has 19 heavy (non-hydrogen) atoms. The number of hydrogen-bond donors (Lipinski definition) is 1. The third-order valence-electron chi connectivity index (χ3n) is 3.02. The van der Waals surface area contributed by atoms with Crippen molar-refractivity contribution in [3.8, 4) is 0 Å². The lowest BCUT2D eigenvalue weighted by molar-refractivity contribution is -0.145. The summed E-state index contributed by atoms with van der Waals surface area (Å²) in [5.74, 6) is -0.767. The first-order chi connectivity index (χ1) is 9.05. The van der Waals surface area contributed by atoms with Gasteiger partial charge in [0.05, 0.1) is 12.6 Å². The molecule has 7 heteroatoms. The topological polar surface area (TPSA) is 42.7 Å². The molecule has 2 aromatic rings. The zero-order valence-corrected chi connectivity index (χ0v) is 9.85. The van der Waals surface area contributed by atoms with E-state index < -0.39 is 12.0 Å². The Balaban J connectivity index is 2.03. The van der Waals surface area contributed by atoms with Crippen LogP contribution >= 0.6 is 0 Å². The minimum Gasteiger partial charge on any atom is -0.302 e. The molecule has 3 rings (SSSR count). The van der Waals surface area contributed by atoms with Crippen LogP contribution in [0.25, 0.3) is 0 Å². The minimum atomic E-state index is -4.51. The van der Waals surface area contributed by atoms with Gasteiger partial charge in [0, 0.05) is 6.54 Å². The van der Waals surface area contributed by atoms with E-state index in [0.717, 1.165) is 5.56 Å². The Morgan fingerprint density at radius 1 is 1.21 bits per heavy atom. The maximum Gasteiger partial charge on any atom is 0.453 e. The number of nitrogens with one attached hydrogen (secondary N) is 1. The van der Waals surface area contributed by atoms with Gasteiger partial charge in [-0.25, -0.2) is 9.67 Å². The highest BCUT2D eigenvalue weighted by atomic mass is 19.4. The van der Waals surface area contributed by atoms with E-state index in [2.05, 4.69) is 15.4 Å². The van der Waals surface area contributed by atoms with E-state index in [9.17, 15) is 13.2 Å². The molecule has 0 radical (unpaired) electrons. The fourth-order valence-corrected chi connectivity index (χ4v) is 2.17. The summed E-state index contributed by atoms with van der Waals surface area (Å²) < 4.78 is 39.3. The molecule has 0 amide bonds. The molecule has 0 saturated heterocycles. The van der Waals surface area contributed by atoms with Crippen molar-refractivity contribution in [1.82, 2.24) is 20.1 Å². The number of aromatic nitrogens is 3. The van der Waals surface area contributed by atoms with Crippen molar-refractivity contribution in [3.63, 3.8) is 0 Å². The second-order valence-electron chi connectivity index (χ2n) is 4.31. The molecule has 1 N–H and O–H groups in total. The standard InChI is InChI=1S/C12H11F3N4/c13-12(14,15)11-17-10-9(8-4-2-1-3-5-8)16-6-7-19(10)18-11/h1-5,9,16H,6-7H2. The van der Waals surface area contributed by atoms with Crippen LogP contribution in [-0.2, 0) is 12.7 Å². The summed E-state index contributed by atoms with van der Waals surface area (Å²) in [7, 11) is 0. The normalized spacial score (nSPS) is 19.2. The highest BCUT2D eigenvalue weighted by molar-refractivity contribution is 5.26. The van der Waals surface area contributed by atoms with Gasteiger partial charge in [0.25, 0.3) is 5.82 Å². The highest BCUT2D eigenvalue weighted by Crippen LogP contribution is 2.30. The lowest BCUT2D eigenvalue weighted by Gasteiger charge is -2.23. The van der Waals surface area contributed by atoms with Crippen molar-refractivity contribution in [2.45, 2.75) is 18.8 Å². The first kappa shape index (κ1) is 12.2. The van der Waals surface area contributed by atoms with Crippen molar-refractivity contribution >= 4 is 0 Å². The summed E-state index contributed by atoms with van der Waals surface area (Å²) in [5.41, 5.74) is 0.879. The fraction of sp³-hybridized carbons (Fsp3) is 0.333. The minimum absolute atomic E-state index is 0.310. The van der Waals surface area contributed by atoms with Crippen LogP contribution in [0.2, 0.25) is 0 Å². The Hall–Kier alpha value is -1.89. The molecule has 1 aliphatic rings. The molecule has 0 fully saturated rings. The van der Waals surface area contributed by atoms with Crippen molar-refractivity contribution in [2.75, 3.05) is 6.54 Å². The second-order valence-corrected chi connectivity index (χ2v) is 4.31. The van der Waals surface area contributed by atoms with Gasteiger partial charge in [0.2, 0.25) is 0 Å². The Morgan fingerprint density at radius 2 is 1.95 bits per heavy atom. The molecule has 0 spiro atoms. The van der Waals surface area contributed by atoms with E-state index in [1.165, 1.54) is 4.68 Å². The molecule has 1 aromatic heterocycles. The van der Waals surface area contributed by atoms with Crippen molar-refractivity contribution in [3.05, 3.63) is 47.5 Å². The molecule has 1 unspecified atom stereocenters. The zero-order chi connectivity index (χ0) is 13.5. The van der Waals surface area contributed by atoms with Gasteiger partial charge in [-0.3, -0.25) is 0 Å². The quantitative estimate of drug-likeness (QED) is 0.860. The molecule has 0 aliphatic carbocycles. The summed E-state index contributed by atoms with van der Waals surface area (Å²) in [6.07, 6.45) is -4.51. The lowest BCUT2D eigenvalue weighted by Crippen LogP contribution is -2.34. The number of alkyl halides is 3. The van der Waals surface area contributed by atoms with Gasteiger partial charge >= 0.3 is 6.18 Å². The predicted molar refractivity (Wildman–Crippen MR) is 61.3 cm³/mol. The number of halogens is 3. The first-order valence-electron chi connectivity index (χ1n) is 5.86. The second kappa shape index (κ2) is 4.34. The van der Waals surface area contributed by atoms with Gasteiger partial charge in [-0.05, 0) is 5.56 Å². The molecule has 4 nitrogen and oxygen atoms in total. The maximum absolute atomic E-state index is 12.6. The molecule has 100 valence electrons. The van der Waals surface area contributed by atoms with Gasteiger partial charge in [-0.2, -0.15) is 13.2 Å². The van der Waals surface area contributed by atoms with Crippen LogP contribution in [0.5, 0.6) is 0 Å². The summed E-state index contributed by atoms with van der Waals surface area (Å²) >= 11 is 0. The molecule has 0 bridgehead atoms. The smallest absolute Gasteiger partial charge is 0.302 e. The van der Waals surface area contributed by atoms with Gasteiger partial charge in [-0.1, -0.05) is 30.3 Å². The van der Waals surface area contributed by atoms with E-state index >= 15 is 0 Å². The van der Waals surface area contributed by atoms with E-state index in [4.69, 9.17) is 0 Å². The highest BCUT2D eigenvalue weighted by Gasteiger charge is 2.38. The average molecular weight is 268 g/mol. The van der Waals surface area contributed by atoms with Crippen LogP contribution in [0.1, 0.15) is 23.3 Å². The number of hydrogen-bond acceptors (Lipinski definition) is 3. The lowest BCUT2D eigenvalue weighted by atomic mass is 10.1. The van der Waals surface area contributed by atoms with Gasteiger partial charge in [0.15, 0.2) is 0 Å². The summed E-state index contributed by atoms with van der Waals surface area (Å²) in [6.45, 7) is 0.953. The average Bonchev–Trinajstić information content (AvgIpc) is 2.83. The largest absolute Gasteiger partial charge is 0.453 e. The molecular weight excluding hydrogens is 257 g/mol. The number of rotatable bonds is 1. The Labute approximate surface area is 107 Å². The van der Waals surface area contributed by atoms with Crippen LogP contribution in [0.3, 0.4) is 0 Å². The first-order valence-corrected chi connectivity index (χ1v) is 5.86. The zero-order valence-electron chi connectivity index (χ0n) is 9.85. The molecule has 0 saturated carbocycles. The van der Waals surface area contributed by atoms with E-state index in [0.29, 0.717) is 18.9 Å². The predicted octanol–water partition coefficient (Wildman–Crippen LogP) is 1.99. The summed E-state index contributed by atoms with van der Waals surface area (Å²) in [5, 5.41) is 6.70. The number of fused-ring (bicyclic) bond motifs is 1. The summed E-state index contributed by atoms with van der Waals surface area (Å²) in [6, 6.07) is 8.91. The van der Waals surface area contributed by atoms with E-state index in [1.807, 2.05) is 30.3 Å². The van der Waals surface area contributed by atoms with E-state index in [1.54, 1.807) is 0 Å². The Bertz CT molecular complexity index is 576. The molecule has 1 aliphatic heterocycles. The maximum atomic E-state index is 12.6. The SMILES string of the molecule is FC(F)(F)c1nc2n(n1)CCNC2c1ccccc1. The third-order valence-corrected chi connectivity index (χ3v) is 3.02. The van der Waals surface area contributed by atoms with Crippen molar-refractivity contribution in [1.29, 1.82) is 0 Å². The summed E-state index contributed by atoms with van der Waals surface area (Å²) in [4.78, 5) is 3.64. The van der Waals surface area contributed by atoms with Crippen LogP contribution in [0.15, 0.2) is 30.3 Å². The third kappa shape index (κ3) is 2.21. The van der Waals surface area contributed by atoms with Gasteiger partial charge < -0.3 is 5.32 Å². The molecule has 2 heterocycles. The van der Waals surface area contributed by atoms with Crippen LogP contribution in [0, 0.1) is 0 Å². The fourth-order valence-electron chi connectivity index (χ4n) is 2.17. The van der Waals surface area contributed by atoms with Crippen molar-refractivity contribution < 1.29 is 13.2 Å². The van der Waals surface area contributed by atoms with Crippen molar-refractivity contribution in [2.24, 2.45) is 0 Å². The van der Waals surface area contributed by atoms with Crippen LogP contribution in [-0.4, -0.2) is 21.3 Å². The monoisotopic (exact) mass is 268 g/mol. The molecule has 1 aromatic carbocycles. The molecular formula is C12H11F3N4. The number of benzene rings is 1. The Kier molecular flexibility index (Phi) is 2.78.